The van der Waals surface area contributed by atoms with E-state index in [2.05, 4.69) is 46.1 Å². The van der Waals surface area contributed by atoms with Crippen molar-refractivity contribution in [2.75, 3.05) is 13.1 Å². The summed E-state index contributed by atoms with van der Waals surface area (Å²) in [5.41, 5.74) is 3.66. The summed E-state index contributed by atoms with van der Waals surface area (Å²) < 4.78 is 0. The standard InChI is InChI=1S/C18H22N2OS/c1-14-3-2-4-15(9-14)10-18(21)19-17-5-7-20(12-17)11-16-6-8-22-13-16/h2-4,6,8-9,13,17H,5,7,10-12H2,1H3,(H,19,21)/t17-/m0/s1. The van der Waals surface area contributed by atoms with Crippen LogP contribution in [0.3, 0.4) is 0 Å². The third-order valence-electron chi connectivity index (χ3n) is 4.07. The molecule has 1 N–H and O–H groups in total. The smallest absolute Gasteiger partial charge is 0.224 e. The number of carbonyl (C=O) groups excluding carboxylic acids is 1. The van der Waals surface area contributed by atoms with Crippen molar-refractivity contribution in [3.05, 3.63) is 57.8 Å². The fourth-order valence-electron chi connectivity index (χ4n) is 3.02. The minimum Gasteiger partial charge on any atom is -0.352 e. The zero-order chi connectivity index (χ0) is 15.4. The number of carbonyl (C=O) groups is 1. The van der Waals surface area contributed by atoms with Crippen LogP contribution in [0.2, 0.25) is 0 Å². The Hall–Kier alpha value is -1.65. The molecule has 1 aromatic carbocycles. The second kappa shape index (κ2) is 7.07. The van der Waals surface area contributed by atoms with Crippen molar-refractivity contribution in [1.82, 2.24) is 10.2 Å². The van der Waals surface area contributed by atoms with E-state index in [1.165, 1.54) is 11.1 Å². The lowest BCUT2D eigenvalue weighted by atomic mass is 10.1. The third-order valence-corrected chi connectivity index (χ3v) is 4.80. The van der Waals surface area contributed by atoms with Gasteiger partial charge in [-0.1, -0.05) is 29.8 Å². The Morgan fingerprint density at radius 3 is 3.05 bits per heavy atom. The second-order valence-electron chi connectivity index (χ2n) is 6.09. The summed E-state index contributed by atoms with van der Waals surface area (Å²) in [6.07, 6.45) is 1.52. The summed E-state index contributed by atoms with van der Waals surface area (Å²) in [6, 6.07) is 10.6. The molecular weight excluding hydrogens is 292 g/mol. The lowest BCUT2D eigenvalue weighted by Crippen LogP contribution is -2.37. The van der Waals surface area contributed by atoms with Crippen LogP contribution in [0.4, 0.5) is 0 Å². The Labute approximate surface area is 136 Å². The van der Waals surface area contributed by atoms with Crippen LogP contribution >= 0.6 is 11.3 Å². The molecule has 0 radical (unpaired) electrons. The average molecular weight is 314 g/mol. The molecule has 0 spiro atoms. The molecule has 1 aliphatic heterocycles. The molecule has 2 heterocycles. The summed E-state index contributed by atoms with van der Waals surface area (Å²) in [5, 5.41) is 7.49. The van der Waals surface area contributed by atoms with Crippen LogP contribution in [0.25, 0.3) is 0 Å². The molecule has 0 unspecified atom stereocenters. The van der Waals surface area contributed by atoms with Crippen molar-refractivity contribution in [2.45, 2.75) is 32.4 Å². The molecule has 4 heteroatoms. The highest BCUT2D eigenvalue weighted by molar-refractivity contribution is 7.07. The van der Waals surface area contributed by atoms with Crippen molar-refractivity contribution in [3.8, 4) is 0 Å². The van der Waals surface area contributed by atoms with Crippen LogP contribution in [-0.2, 0) is 17.8 Å². The van der Waals surface area contributed by atoms with E-state index in [-0.39, 0.29) is 11.9 Å². The van der Waals surface area contributed by atoms with Gasteiger partial charge in [-0.2, -0.15) is 11.3 Å². The van der Waals surface area contributed by atoms with E-state index in [9.17, 15) is 4.79 Å². The monoisotopic (exact) mass is 314 g/mol. The molecule has 1 saturated heterocycles. The van der Waals surface area contributed by atoms with Crippen LogP contribution in [0.15, 0.2) is 41.1 Å². The maximum atomic E-state index is 12.2. The highest BCUT2D eigenvalue weighted by atomic mass is 32.1. The molecule has 1 atom stereocenters. The van der Waals surface area contributed by atoms with E-state index in [1.807, 2.05) is 12.1 Å². The maximum Gasteiger partial charge on any atom is 0.224 e. The first-order chi connectivity index (χ1) is 10.7. The Balaban J connectivity index is 1.46. The lowest BCUT2D eigenvalue weighted by Gasteiger charge is -2.16. The number of likely N-dealkylation sites (tertiary alicyclic amines) is 1. The summed E-state index contributed by atoms with van der Waals surface area (Å²) in [4.78, 5) is 14.6. The molecule has 1 aliphatic rings. The Bertz CT molecular complexity index is 624. The van der Waals surface area contributed by atoms with Crippen LogP contribution in [0, 0.1) is 6.92 Å². The quantitative estimate of drug-likeness (QED) is 0.920. The number of nitrogens with zero attached hydrogens (tertiary/aromatic N) is 1. The Kier molecular flexibility index (Phi) is 4.90. The van der Waals surface area contributed by atoms with Gasteiger partial charge in [-0.25, -0.2) is 0 Å². The van der Waals surface area contributed by atoms with Gasteiger partial charge in [0.1, 0.15) is 0 Å². The molecular formula is C18H22N2OS. The summed E-state index contributed by atoms with van der Waals surface area (Å²) in [5.74, 6) is 0.132. The first kappa shape index (κ1) is 15.3. The highest BCUT2D eigenvalue weighted by Crippen LogP contribution is 2.15. The van der Waals surface area contributed by atoms with E-state index in [4.69, 9.17) is 0 Å². The number of aryl methyl sites for hydroxylation is 1. The molecule has 22 heavy (non-hydrogen) atoms. The predicted molar refractivity (Wildman–Crippen MR) is 91.0 cm³/mol. The minimum atomic E-state index is 0.132. The van der Waals surface area contributed by atoms with Gasteiger partial charge in [0, 0.05) is 25.7 Å². The molecule has 0 aliphatic carbocycles. The summed E-state index contributed by atoms with van der Waals surface area (Å²) in [6.45, 7) is 5.06. The van der Waals surface area contributed by atoms with Gasteiger partial charge in [0.25, 0.3) is 0 Å². The van der Waals surface area contributed by atoms with Crippen molar-refractivity contribution < 1.29 is 4.79 Å². The van der Waals surface area contributed by atoms with Gasteiger partial charge in [-0.15, -0.1) is 0 Å². The molecule has 0 bridgehead atoms. The number of nitrogens with one attached hydrogen (secondary N) is 1. The Morgan fingerprint density at radius 2 is 2.27 bits per heavy atom. The predicted octanol–water partition coefficient (Wildman–Crippen LogP) is 2.99. The van der Waals surface area contributed by atoms with Gasteiger partial charge in [0.05, 0.1) is 6.42 Å². The molecule has 1 amide bonds. The molecule has 1 fully saturated rings. The van der Waals surface area contributed by atoms with Gasteiger partial charge >= 0.3 is 0 Å². The van der Waals surface area contributed by atoms with Crippen LogP contribution < -0.4 is 5.32 Å². The van der Waals surface area contributed by atoms with E-state index in [0.29, 0.717) is 6.42 Å². The first-order valence-corrected chi connectivity index (χ1v) is 8.71. The van der Waals surface area contributed by atoms with Gasteiger partial charge < -0.3 is 5.32 Å². The van der Waals surface area contributed by atoms with Gasteiger partial charge in [0.15, 0.2) is 0 Å². The molecule has 3 rings (SSSR count). The highest BCUT2D eigenvalue weighted by Gasteiger charge is 2.23. The number of rotatable bonds is 5. The zero-order valence-electron chi connectivity index (χ0n) is 12.9. The third kappa shape index (κ3) is 4.18. The molecule has 0 saturated carbocycles. The number of benzene rings is 1. The fourth-order valence-corrected chi connectivity index (χ4v) is 3.68. The number of hydrogen-bond donors (Lipinski definition) is 1. The van der Waals surface area contributed by atoms with Crippen LogP contribution in [0.1, 0.15) is 23.1 Å². The molecule has 3 nitrogen and oxygen atoms in total. The number of thiophene rings is 1. The minimum absolute atomic E-state index is 0.132. The zero-order valence-corrected chi connectivity index (χ0v) is 13.7. The average Bonchev–Trinajstić information content (AvgIpc) is 3.11. The van der Waals surface area contributed by atoms with E-state index < -0.39 is 0 Å². The Morgan fingerprint density at radius 1 is 1.36 bits per heavy atom. The topological polar surface area (TPSA) is 32.3 Å². The van der Waals surface area contributed by atoms with Crippen molar-refractivity contribution in [1.29, 1.82) is 0 Å². The van der Waals surface area contributed by atoms with Crippen molar-refractivity contribution in [3.63, 3.8) is 0 Å². The largest absolute Gasteiger partial charge is 0.352 e. The molecule has 1 aromatic heterocycles. The molecule has 116 valence electrons. The first-order valence-electron chi connectivity index (χ1n) is 7.77. The summed E-state index contributed by atoms with van der Waals surface area (Å²) in [7, 11) is 0. The van der Waals surface area contributed by atoms with Gasteiger partial charge in [-0.05, 0) is 41.3 Å². The van der Waals surface area contributed by atoms with Gasteiger partial charge in [-0.3, -0.25) is 9.69 Å². The number of amides is 1. The number of hydrogen-bond acceptors (Lipinski definition) is 3. The fraction of sp³-hybridized carbons (Fsp3) is 0.389. The van der Waals surface area contributed by atoms with E-state index >= 15 is 0 Å². The van der Waals surface area contributed by atoms with Gasteiger partial charge in [0.2, 0.25) is 5.91 Å². The van der Waals surface area contributed by atoms with Crippen molar-refractivity contribution in [2.24, 2.45) is 0 Å². The second-order valence-corrected chi connectivity index (χ2v) is 6.87. The lowest BCUT2D eigenvalue weighted by molar-refractivity contribution is -0.121. The normalized spacial score (nSPS) is 18.5. The van der Waals surface area contributed by atoms with E-state index in [1.54, 1.807) is 11.3 Å². The molecule has 2 aromatic rings. The maximum absolute atomic E-state index is 12.2. The van der Waals surface area contributed by atoms with Crippen molar-refractivity contribution >= 4 is 17.2 Å². The van der Waals surface area contributed by atoms with E-state index in [0.717, 1.165) is 31.6 Å². The van der Waals surface area contributed by atoms with Crippen LogP contribution in [0.5, 0.6) is 0 Å². The van der Waals surface area contributed by atoms with Crippen LogP contribution in [-0.4, -0.2) is 29.9 Å². The summed E-state index contributed by atoms with van der Waals surface area (Å²) >= 11 is 1.74. The SMILES string of the molecule is Cc1cccc(CC(=O)N[C@H]2CCN(Cc3ccsc3)C2)c1.